The van der Waals surface area contributed by atoms with E-state index in [2.05, 4.69) is 6.07 Å². The number of nitriles is 1. The largest absolute Gasteiger partial charge is 0.323 e. The highest BCUT2D eigenvalue weighted by atomic mass is 32.1. The Balaban J connectivity index is 2.17. The van der Waals surface area contributed by atoms with Gasteiger partial charge in [-0.1, -0.05) is 0 Å². The molecule has 1 aromatic heterocycles. The van der Waals surface area contributed by atoms with Gasteiger partial charge in [0.25, 0.3) is 0 Å². The van der Waals surface area contributed by atoms with E-state index in [1.165, 1.54) is 24.2 Å². The highest BCUT2D eigenvalue weighted by Gasteiger charge is 2.30. The third-order valence-electron chi connectivity index (χ3n) is 2.20. The maximum absolute atomic E-state index is 8.61. The molecule has 0 spiro atoms. The molecular formula is C9H10N2S. The van der Waals surface area contributed by atoms with Crippen LogP contribution in [0.5, 0.6) is 0 Å². The first kappa shape index (κ1) is 7.78. The fourth-order valence-electron chi connectivity index (χ4n) is 1.28. The smallest absolute Gasteiger partial charge is 0.110 e. The van der Waals surface area contributed by atoms with Gasteiger partial charge in [-0.2, -0.15) is 5.26 Å². The van der Waals surface area contributed by atoms with Crippen molar-refractivity contribution >= 4 is 11.3 Å². The van der Waals surface area contributed by atoms with Crippen molar-refractivity contribution in [2.45, 2.75) is 18.9 Å². The fourth-order valence-corrected chi connectivity index (χ4v) is 2.18. The Morgan fingerprint density at radius 3 is 2.83 bits per heavy atom. The molecular weight excluding hydrogens is 168 g/mol. The van der Waals surface area contributed by atoms with Crippen LogP contribution in [-0.4, -0.2) is 0 Å². The molecule has 0 bridgehead atoms. The summed E-state index contributed by atoms with van der Waals surface area (Å²) in [5, 5.41) is 8.61. The number of thiophene rings is 1. The molecule has 0 saturated heterocycles. The summed E-state index contributed by atoms with van der Waals surface area (Å²) >= 11 is 1.52. The van der Waals surface area contributed by atoms with E-state index in [1.807, 2.05) is 12.1 Å². The first-order valence-electron chi connectivity index (χ1n) is 4.06. The zero-order valence-electron chi connectivity index (χ0n) is 6.66. The Morgan fingerprint density at radius 1 is 1.58 bits per heavy atom. The van der Waals surface area contributed by atoms with Crippen molar-refractivity contribution in [3.8, 4) is 6.07 Å². The van der Waals surface area contributed by atoms with Crippen LogP contribution in [0.2, 0.25) is 0 Å². The minimum atomic E-state index is 0.178. The second-order valence-electron chi connectivity index (χ2n) is 3.18. The summed E-state index contributed by atoms with van der Waals surface area (Å²) in [6.07, 6.45) is 2.50. The van der Waals surface area contributed by atoms with Gasteiger partial charge in [-0.15, -0.1) is 11.3 Å². The molecule has 1 aliphatic carbocycles. The Hall–Kier alpha value is -0.850. The minimum absolute atomic E-state index is 0.178. The first-order valence-corrected chi connectivity index (χ1v) is 4.88. The highest BCUT2D eigenvalue weighted by molar-refractivity contribution is 7.12. The zero-order chi connectivity index (χ0) is 8.55. The summed E-state index contributed by atoms with van der Waals surface area (Å²) in [5.41, 5.74) is 5.97. The first-order chi connectivity index (χ1) is 5.81. The van der Waals surface area contributed by atoms with Crippen LogP contribution in [0.1, 0.15) is 28.6 Å². The predicted octanol–water partition coefficient (Wildman–Crippen LogP) is 2.03. The molecule has 1 fully saturated rings. The average Bonchev–Trinajstić information content (AvgIpc) is 2.82. The van der Waals surface area contributed by atoms with Crippen LogP contribution in [0.15, 0.2) is 12.1 Å². The molecule has 1 atom stereocenters. The van der Waals surface area contributed by atoms with E-state index < -0.39 is 0 Å². The van der Waals surface area contributed by atoms with Crippen LogP contribution in [0, 0.1) is 17.2 Å². The van der Waals surface area contributed by atoms with E-state index in [9.17, 15) is 0 Å². The monoisotopic (exact) mass is 178 g/mol. The van der Waals surface area contributed by atoms with E-state index >= 15 is 0 Å². The Labute approximate surface area is 75.6 Å². The second-order valence-corrected chi connectivity index (χ2v) is 4.29. The summed E-state index contributed by atoms with van der Waals surface area (Å²) in [6.45, 7) is 0. The normalized spacial score (nSPS) is 18.7. The van der Waals surface area contributed by atoms with Crippen molar-refractivity contribution in [2.24, 2.45) is 11.7 Å². The van der Waals surface area contributed by atoms with Gasteiger partial charge >= 0.3 is 0 Å². The zero-order valence-corrected chi connectivity index (χ0v) is 7.47. The van der Waals surface area contributed by atoms with E-state index in [0.29, 0.717) is 5.92 Å². The third kappa shape index (κ3) is 1.36. The molecule has 12 heavy (non-hydrogen) atoms. The van der Waals surface area contributed by atoms with E-state index in [1.54, 1.807) is 0 Å². The second kappa shape index (κ2) is 2.89. The predicted molar refractivity (Wildman–Crippen MR) is 48.7 cm³/mol. The van der Waals surface area contributed by atoms with Gasteiger partial charge < -0.3 is 5.73 Å². The molecule has 1 aromatic rings. The Morgan fingerprint density at radius 2 is 2.33 bits per heavy atom. The van der Waals surface area contributed by atoms with Gasteiger partial charge in [0.05, 0.1) is 0 Å². The lowest BCUT2D eigenvalue weighted by molar-refractivity contribution is 0.645. The summed E-state index contributed by atoms with van der Waals surface area (Å²) in [5.74, 6) is 0.676. The Bertz CT molecular complexity index is 320. The molecule has 2 nitrogen and oxygen atoms in total. The lowest BCUT2D eigenvalue weighted by Gasteiger charge is -2.05. The number of rotatable bonds is 2. The van der Waals surface area contributed by atoms with Crippen LogP contribution in [-0.2, 0) is 0 Å². The van der Waals surface area contributed by atoms with Crippen LogP contribution in [0.4, 0.5) is 0 Å². The van der Waals surface area contributed by atoms with Crippen molar-refractivity contribution in [3.05, 3.63) is 21.9 Å². The number of nitrogens with two attached hydrogens (primary N) is 1. The van der Waals surface area contributed by atoms with Gasteiger partial charge in [-0.25, -0.2) is 0 Å². The highest BCUT2D eigenvalue weighted by Crippen LogP contribution is 2.41. The van der Waals surface area contributed by atoms with E-state index in [0.717, 1.165) is 9.75 Å². The van der Waals surface area contributed by atoms with Crippen LogP contribution in [0.25, 0.3) is 0 Å². The van der Waals surface area contributed by atoms with Gasteiger partial charge in [-0.3, -0.25) is 0 Å². The van der Waals surface area contributed by atoms with Gasteiger partial charge in [0.2, 0.25) is 0 Å². The summed E-state index contributed by atoms with van der Waals surface area (Å²) in [7, 11) is 0. The molecule has 1 aliphatic rings. The minimum Gasteiger partial charge on any atom is -0.323 e. The van der Waals surface area contributed by atoms with Gasteiger partial charge in [-0.05, 0) is 30.9 Å². The van der Waals surface area contributed by atoms with Crippen LogP contribution >= 0.6 is 11.3 Å². The Kier molecular flexibility index (Phi) is 1.87. The van der Waals surface area contributed by atoms with Gasteiger partial charge in [0, 0.05) is 10.9 Å². The number of nitrogens with zero attached hydrogens (tertiary/aromatic N) is 1. The molecule has 2 N–H and O–H groups in total. The molecule has 0 aliphatic heterocycles. The lowest BCUT2D eigenvalue weighted by atomic mass is 10.2. The lowest BCUT2D eigenvalue weighted by Crippen LogP contribution is -2.10. The maximum Gasteiger partial charge on any atom is 0.110 e. The topological polar surface area (TPSA) is 49.8 Å². The molecule has 1 saturated carbocycles. The summed E-state index contributed by atoms with van der Waals surface area (Å²) in [4.78, 5) is 1.93. The standard InChI is InChI=1S/C9H10N2S/c10-5-7-3-4-8(12-7)9(11)6-1-2-6/h3-4,6,9H,1-2,11H2/t9-/m1/s1. The molecule has 0 amide bonds. The van der Waals surface area contributed by atoms with Crippen LogP contribution in [0.3, 0.4) is 0 Å². The van der Waals surface area contributed by atoms with E-state index in [4.69, 9.17) is 11.0 Å². The van der Waals surface area contributed by atoms with Gasteiger partial charge in [0.15, 0.2) is 0 Å². The van der Waals surface area contributed by atoms with Crippen molar-refractivity contribution in [2.75, 3.05) is 0 Å². The molecule has 0 radical (unpaired) electrons. The molecule has 2 rings (SSSR count). The fraction of sp³-hybridized carbons (Fsp3) is 0.444. The number of hydrogen-bond donors (Lipinski definition) is 1. The average molecular weight is 178 g/mol. The molecule has 0 unspecified atom stereocenters. The summed E-state index contributed by atoms with van der Waals surface area (Å²) in [6, 6.07) is 6.13. The van der Waals surface area contributed by atoms with Crippen molar-refractivity contribution < 1.29 is 0 Å². The van der Waals surface area contributed by atoms with Crippen LogP contribution < -0.4 is 5.73 Å². The van der Waals surface area contributed by atoms with Crippen molar-refractivity contribution in [1.82, 2.24) is 0 Å². The quantitative estimate of drug-likeness (QED) is 0.753. The molecule has 0 aromatic carbocycles. The number of hydrogen-bond acceptors (Lipinski definition) is 3. The van der Waals surface area contributed by atoms with Gasteiger partial charge in [0.1, 0.15) is 10.9 Å². The maximum atomic E-state index is 8.61. The SMILES string of the molecule is N#Cc1ccc([C@H](N)C2CC2)s1. The summed E-state index contributed by atoms with van der Waals surface area (Å²) < 4.78 is 0. The van der Waals surface area contributed by atoms with Crippen molar-refractivity contribution in [1.29, 1.82) is 5.26 Å². The van der Waals surface area contributed by atoms with E-state index in [-0.39, 0.29) is 6.04 Å². The molecule has 62 valence electrons. The molecule has 3 heteroatoms. The molecule has 1 heterocycles. The third-order valence-corrected chi connectivity index (χ3v) is 3.29. The van der Waals surface area contributed by atoms with Crippen molar-refractivity contribution in [3.63, 3.8) is 0 Å².